The summed E-state index contributed by atoms with van der Waals surface area (Å²) in [5, 5.41) is 4.32. The standard InChI is InChI=1S/C13H20N4O/c1-8-4-5-9-6-13(8,12(9,2)3)17-7-15-11(16-17)10(14)18/h7-9H,4-6H2,1-3H3,(H2,14,18). The predicted molar refractivity (Wildman–Crippen MR) is 66.8 cm³/mol. The summed E-state index contributed by atoms with van der Waals surface area (Å²) in [6, 6.07) is 0. The molecule has 1 amide bonds. The van der Waals surface area contributed by atoms with Gasteiger partial charge in [0.25, 0.3) is 5.91 Å². The third-order valence-electron chi connectivity index (χ3n) is 5.58. The number of nitrogens with zero attached hydrogens (tertiary/aromatic N) is 3. The van der Waals surface area contributed by atoms with E-state index in [1.54, 1.807) is 6.33 Å². The van der Waals surface area contributed by atoms with Gasteiger partial charge in [-0.2, -0.15) is 0 Å². The second kappa shape index (κ2) is 3.33. The van der Waals surface area contributed by atoms with E-state index in [1.807, 2.05) is 4.68 Å². The zero-order chi connectivity index (χ0) is 13.1. The smallest absolute Gasteiger partial charge is 0.288 e. The monoisotopic (exact) mass is 248 g/mol. The van der Waals surface area contributed by atoms with Gasteiger partial charge in [0.1, 0.15) is 6.33 Å². The molecular formula is C13H20N4O. The summed E-state index contributed by atoms with van der Waals surface area (Å²) >= 11 is 0. The van der Waals surface area contributed by atoms with Gasteiger partial charge in [0, 0.05) is 0 Å². The predicted octanol–water partition coefficient (Wildman–Crippen LogP) is 1.55. The Kier molecular flexibility index (Phi) is 2.17. The molecule has 5 heteroatoms. The average Bonchev–Trinajstić information content (AvgIpc) is 2.78. The van der Waals surface area contributed by atoms with Gasteiger partial charge in [0.05, 0.1) is 5.54 Å². The molecule has 2 bridgehead atoms. The van der Waals surface area contributed by atoms with E-state index in [0.717, 1.165) is 12.3 Å². The molecule has 0 aromatic carbocycles. The van der Waals surface area contributed by atoms with Crippen molar-refractivity contribution in [1.29, 1.82) is 0 Å². The van der Waals surface area contributed by atoms with Crippen molar-refractivity contribution < 1.29 is 4.79 Å². The maximum absolute atomic E-state index is 11.1. The highest BCUT2D eigenvalue weighted by atomic mass is 16.1. The summed E-state index contributed by atoms with van der Waals surface area (Å²) in [5.74, 6) is 0.888. The molecule has 2 N–H and O–H groups in total. The van der Waals surface area contributed by atoms with Gasteiger partial charge >= 0.3 is 0 Å². The summed E-state index contributed by atoms with van der Waals surface area (Å²) in [6.07, 6.45) is 5.34. The van der Waals surface area contributed by atoms with Crippen LogP contribution in [0.3, 0.4) is 0 Å². The minimum Gasteiger partial charge on any atom is -0.363 e. The molecule has 98 valence electrons. The zero-order valence-corrected chi connectivity index (χ0v) is 11.2. The lowest BCUT2D eigenvalue weighted by atomic mass is 9.41. The van der Waals surface area contributed by atoms with E-state index in [1.165, 1.54) is 12.8 Å². The average molecular weight is 248 g/mol. The first-order valence-corrected chi connectivity index (χ1v) is 6.61. The van der Waals surface area contributed by atoms with E-state index < -0.39 is 5.91 Å². The molecule has 1 aromatic rings. The summed E-state index contributed by atoms with van der Waals surface area (Å²) < 4.78 is 1.91. The highest BCUT2D eigenvalue weighted by Crippen LogP contribution is 2.67. The third-order valence-corrected chi connectivity index (χ3v) is 5.58. The van der Waals surface area contributed by atoms with Crippen LogP contribution in [0, 0.1) is 17.3 Å². The number of rotatable bonds is 2. The van der Waals surface area contributed by atoms with E-state index in [0.29, 0.717) is 5.92 Å². The Labute approximate surface area is 107 Å². The van der Waals surface area contributed by atoms with E-state index >= 15 is 0 Å². The summed E-state index contributed by atoms with van der Waals surface area (Å²) in [4.78, 5) is 15.2. The van der Waals surface area contributed by atoms with Crippen LogP contribution in [0.4, 0.5) is 0 Å². The molecule has 3 aliphatic carbocycles. The van der Waals surface area contributed by atoms with Crippen LogP contribution in [-0.4, -0.2) is 20.7 Å². The molecule has 0 aliphatic heterocycles. The fourth-order valence-corrected chi connectivity index (χ4v) is 4.29. The van der Waals surface area contributed by atoms with E-state index in [-0.39, 0.29) is 16.8 Å². The highest BCUT2D eigenvalue weighted by Gasteiger charge is 2.66. The summed E-state index contributed by atoms with van der Waals surface area (Å²) in [7, 11) is 0. The minimum absolute atomic E-state index is 0.0105. The van der Waals surface area contributed by atoms with Crippen LogP contribution in [0.5, 0.6) is 0 Å². The van der Waals surface area contributed by atoms with E-state index in [2.05, 4.69) is 30.9 Å². The molecule has 3 fully saturated rings. The Bertz CT molecular complexity index is 507. The first-order chi connectivity index (χ1) is 8.39. The Morgan fingerprint density at radius 3 is 2.72 bits per heavy atom. The molecule has 3 saturated carbocycles. The van der Waals surface area contributed by atoms with Crippen molar-refractivity contribution in [3.63, 3.8) is 0 Å². The number of carbonyl (C=O) groups is 1. The Morgan fingerprint density at radius 1 is 1.50 bits per heavy atom. The van der Waals surface area contributed by atoms with Crippen LogP contribution in [0.2, 0.25) is 0 Å². The SMILES string of the molecule is CC1CCC2CC1(n1cnc(C(N)=O)n1)C2(C)C. The molecule has 4 rings (SSSR count). The minimum atomic E-state index is -0.553. The topological polar surface area (TPSA) is 73.8 Å². The number of amides is 1. The molecule has 0 spiro atoms. The first kappa shape index (κ1) is 11.7. The molecule has 3 unspecified atom stereocenters. The molecule has 0 radical (unpaired) electrons. The first-order valence-electron chi connectivity index (χ1n) is 6.61. The van der Waals surface area contributed by atoms with Gasteiger partial charge in [-0.15, -0.1) is 5.10 Å². The van der Waals surface area contributed by atoms with Crippen LogP contribution in [0.25, 0.3) is 0 Å². The van der Waals surface area contributed by atoms with Crippen LogP contribution in [0.15, 0.2) is 6.33 Å². The second-order valence-electron chi connectivity index (χ2n) is 6.40. The Morgan fingerprint density at radius 2 is 2.22 bits per heavy atom. The van der Waals surface area contributed by atoms with Crippen LogP contribution < -0.4 is 5.73 Å². The largest absolute Gasteiger partial charge is 0.363 e. The second-order valence-corrected chi connectivity index (χ2v) is 6.40. The molecule has 18 heavy (non-hydrogen) atoms. The lowest BCUT2D eigenvalue weighted by molar-refractivity contribution is -0.185. The lowest BCUT2D eigenvalue weighted by Crippen LogP contribution is -2.67. The number of nitrogens with two attached hydrogens (primary N) is 1. The number of primary amides is 1. The van der Waals surface area contributed by atoms with Crippen molar-refractivity contribution >= 4 is 5.91 Å². The highest BCUT2D eigenvalue weighted by molar-refractivity contribution is 5.88. The van der Waals surface area contributed by atoms with Crippen molar-refractivity contribution in [2.75, 3.05) is 0 Å². The van der Waals surface area contributed by atoms with Gasteiger partial charge in [0.2, 0.25) is 5.82 Å². The molecule has 0 saturated heterocycles. The molecule has 1 heterocycles. The van der Waals surface area contributed by atoms with Crippen molar-refractivity contribution in [2.24, 2.45) is 23.0 Å². The number of hydrogen-bond acceptors (Lipinski definition) is 3. The van der Waals surface area contributed by atoms with Gasteiger partial charge in [0.15, 0.2) is 0 Å². The molecule has 5 nitrogen and oxygen atoms in total. The van der Waals surface area contributed by atoms with Crippen LogP contribution >= 0.6 is 0 Å². The van der Waals surface area contributed by atoms with E-state index in [4.69, 9.17) is 5.73 Å². The van der Waals surface area contributed by atoms with Crippen molar-refractivity contribution in [2.45, 2.75) is 45.6 Å². The maximum Gasteiger partial charge on any atom is 0.288 e. The van der Waals surface area contributed by atoms with E-state index in [9.17, 15) is 4.79 Å². The van der Waals surface area contributed by atoms with Gasteiger partial charge in [-0.3, -0.25) is 4.79 Å². The number of carbonyl (C=O) groups excluding carboxylic acids is 1. The van der Waals surface area contributed by atoms with Gasteiger partial charge < -0.3 is 5.73 Å². The van der Waals surface area contributed by atoms with Crippen LogP contribution in [0.1, 0.15) is 50.7 Å². The Balaban J connectivity index is 2.05. The van der Waals surface area contributed by atoms with Gasteiger partial charge in [-0.25, -0.2) is 9.67 Å². The normalized spacial score (nSPS) is 37.1. The lowest BCUT2D eigenvalue weighted by Gasteiger charge is -2.67. The third kappa shape index (κ3) is 1.15. The van der Waals surface area contributed by atoms with Crippen molar-refractivity contribution in [3.05, 3.63) is 12.2 Å². The van der Waals surface area contributed by atoms with Crippen LogP contribution in [-0.2, 0) is 5.54 Å². The number of aromatic nitrogens is 3. The molecule has 3 atom stereocenters. The number of hydrogen-bond donors (Lipinski definition) is 1. The van der Waals surface area contributed by atoms with Crippen molar-refractivity contribution in [1.82, 2.24) is 14.8 Å². The van der Waals surface area contributed by atoms with Gasteiger partial charge in [-0.1, -0.05) is 20.8 Å². The quantitative estimate of drug-likeness (QED) is 0.862. The molecular weight excluding hydrogens is 228 g/mol. The fourth-order valence-electron chi connectivity index (χ4n) is 4.29. The summed E-state index contributed by atoms with van der Waals surface area (Å²) in [5.41, 5.74) is 5.46. The van der Waals surface area contributed by atoms with Crippen molar-refractivity contribution in [3.8, 4) is 0 Å². The maximum atomic E-state index is 11.1. The molecule has 3 aliphatic rings. The summed E-state index contributed by atoms with van der Waals surface area (Å²) in [6.45, 7) is 6.90. The zero-order valence-electron chi connectivity index (χ0n) is 11.2. The van der Waals surface area contributed by atoms with Gasteiger partial charge in [-0.05, 0) is 36.5 Å². The Hall–Kier alpha value is -1.39. The molecule has 1 aromatic heterocycles. The fraction of sp³-hybridized carbons (Fsp3) is 0.769. The number of fused-ring (bicyclic) bond motifs is 2.